The van der Waals surface area contributed by atoms with Crippen LogP contribution in [0.15, 0.2) is 85.3 Å². The minimum absolute atomic E-state index is 0.000875. The van der Waals surface area contributed by atoms with Crippen LogP contribution in [0, 0.1) is 6.92 Å². The largest absolute Gasteiger partial charge is 0.516 e. The fourth-order valence-electron chi connectivity index (χ4n) is 3.24. The molecule has 0 unspecified atom stereocenters. The van der Waals surface area contributed by atoms with E-state index in [-0.39, 0.29) is 12.4 Å². The molecule has 0 saturated heterocycles. The van der Waals surface area contributed by atoms with Gasteiger partial charge in [-0.15, -0.1) is 0 Å². The van der Waals surface area contributed by atoms with E-state index in [9.17, 15) is 9.59 Å². The lowest BCUT2D eigenvalue weighted by molar-refractivity contribution is -0.151. The molecular formula is C27H27NO5. The normalized spacial score (nSPS) is 12.3. The third-order valence-electron chi connectivity index (χ3n) is 5.09. The summed E-state index contributed by atoms with van der Waals surface area (Å²) in [5, 5.41) is 8.88. The Morgan fingerprint density at radius 3 is 2.45 bits per heavy atom. The number of aliphatic hydroxyl groups excluding tert-OH is 1. The predicted octanol–water partition coefficient (Wildman–Crippen LogP) is 4.87. The van der Waals surface area contributed by atoms with Gasteiger partial charge >= 0.3 is 5.97 Å². The first-order valence-electron chi connectivity index (χ1n) is 10.5. The van der Waals surface area contributed by atoms with Crippen LogP contribution < -0.4 is 0 Å². The molecule has 1 atom stereocenters. The minimum atomic E-state index is -0.960. The zero-order valence-corrected chi connectivity index (χ0v) is 18.7. The lowest BCUT2D eigenvalue weighted by Gasteiger charge is -2.11. The van der Waals surface area contributed by atoms with Crippen molar-refractivity contribution in [3.05, 3.63) is 113 Å². The van der Waals surface area contributed by atoms with Crippen LogP contribution in [0.1, 0.15) is 32.7 Å². The molecule has 0 radical (unpaired) electrons. The average molecular weight is 446 g/mol. The summed E-state index contributed by atoms with van der Waals surface area (Å²) in [6, 6.07) is 19.0. The number of esters is 1. The van der Waals surface area contributed by atoms with Crippen molar-refractivity contribution >= 4 is 17.8 Å². The van der Waals surface area contributed by atoms with Gasteiger partial charge in [-0.25, -0.2) is 4.79 Å². The number of rotatable bonds is 10. The maximum atomic E-state index is 12.8. The summed E-state index contributed by atoms with van der Waals surface area (Å²) in [5.41, 5.74) is 4.31. The van der Waals surface area contributed by atoms with Gasteiger partial charge in [0.2, 0.25) is 5.78 Å². The molecule has 0 aliphatic carbocycles. The molecule has 1 N–H and O–H groups in total. The van der Waals surface area contributed by atoms with Crippen molar-refractivity contribution in [3.63, 3.8) is 0 Å². The van der Waals surface area contributed by atoms with Gasteiger partial charge < -0.3 is 19.1 Å². The van der Waals surface area contributed by atoms with Crippen molar-refractivity contribution in [1.82, 2.24) is 4.57 Å². The van der Waals surface area contributed by atoms with E-state index >= 15 is 0 Å². The third-order valence-corrected chi connectivity index (χ3v) is 5.09. The molecule has 33 heavy (non-hydrogen) atoms. The van der Waals surface area contributed by atoms with E-state index in [0.29, 0.717) is 17.8 Å². The number of hydrogen-bond acceptors (Lipinski definition) is 5. The van der Waals surface area contributed by atoms with Crippen molar-refractivity contribution in [2.45, 2.75) is 26.2 Å². The highest BCUT2D eigenvalue weighted by Gasteiger charge is 2.16. The zero-order valence-electron chi connectivity index (χ0n) is 18.7. The number of hydrogen-bond donors (Lipinski definition) is 1. The number of benzene rings is 2. The monoisotopic (exact) mass is 445 g/mol. The van der Waals surface area contributed by atoms with Crippen LogP contribution in [-0.2, 0) is 27.4 Å². The zero-order chi connectivity index (χ0) is 23.6. The van der Waals surface area contributed by atoms with E-state index in [4.69, 9.17) is 9.84 Å². The quantitative estimate of drug-likeness (QED) is 0.274. The molecule has 0 bridgehead atoms. The number of aromatic nitrogens is 1. The average Bonchev–Trinajstić information content (AvgIpc) is 3.30. The van der Waals surface area contributed by atoms with Crippen LogP contribution in [0.25, 0.3) is 6.08 Å². The van der Waals surface area contributed by atoms with Gasteiger partial charge in [0.1, 0.15) is 0 Å². The first-order chi connectivity index (χ1) is 16.0. The lowest BCUT2D eigenvalue weighted by Crippen LogP contribution is -2.23. The Morgan fingerprint density at radius 1 is 1.06 bits per heavy atom. The van der Waals surface area contributed by atoms with Gasteiger partial charge in [-0.2, -0.15) is 0 Å². The second-order valence-corrected chi connectivity index (χ2v) is 7.48. The predicted molar refractivity (Wildman–Crippen MR) is 127 cm³/mol. The third kappa shape index (κ3) is 6.54. The smallest absolute Gasteiger partial charge is 0.339 e. The van der Waals surface area contributed by atoms with Crippen LogP contribution in [0.4, 0.5) is 0 Å². The van der Waals surface area contributed by atoms with E-state index in [1.54, 1.807) is 0 Å². The standard InChI is InChI=1S/C27H27NO5/c1-20-7-13-23(14-8-20)26(30)24-6-4-17-28(24)16-3-5-21-9-11-22(12-10-21)19-33-25(15-18-29)27(31)32-2/h3-15,17-18,25,29H,16,19H2,1-2H3/b5-3+,18-15+/t25-/m1/s1. The van der Waals surface area contributed by atoms with Crippen LogP contribution >= 0.6 is 0 Å². The van der Waals surface area contributed by atoms with Crippen molar-refractivity contribution in [3.8, 4) is 0 Å². The summed E-state index contributed by atoms with van der Waals surface area (Å²) < 4.78 is 12.1. The molecule has 0 aliphatic heterocycles. The molecule has 0 aliphatic rings. The summed E-state index contributed by atoms with van der Waals surface area (Å²) in [4.78, 5) is 24.4. The number of aliphatic hydroxyl groups is 1. The van der Waals surface area contributed by atoms with Gasteiger partial charge in [0, 0.05) is 18.3 Å². The Kier molecular flexibility index (Phi) is 8.38. The topological polar surface area (TPSA) is 77.8 Å². The molecule has 0 saturated carbocycles. The number of nitrogens with zero attached hydrogens (tertiary/aromatic N) is 1. The van der Waals surface area contributed by atoms with Crippen molar-refractivity contribution in [2.24, 2.45) is 0 Å². The summed E-state index contributed by atoms with van der Waals surface area (Å²) in [6.45, 7) is 2.76. The van der Waals surface area contributed by atoms with E-state index in [1.165, 1.54) is 13.2 Å². The summed E-state index contributed by atoms with van der Waals surface area (Å²) in [6.07, 6.45) is 6.90. The van der Waals surface area contributed by atoms with Gasteiger partial charge in [-0.1, -0.05) is 66.2 Å². The van der Waals surface area contributed by atoms with Gasteiger partial charge in [0.25, 0.3) is 0 Å². The van der Waals surface area contributed by atoms with Crippen molar-refractivity contribution in [1.29, 1.82) is 0 Å². The molecule has 0 amide bonds. The highest BCUT2D eigenvalue weighted by atomic mass is 16.6. The van der Waals surface area contributed by atoms with E-state index in [0.717, 1.165) is 23.0 Å². The maximum Gasteiger partial charge on any atom is 0.339 e. The van der Waals surface area contributed by atoms with Gasteiger partial charge in [-0.3, -0.25) is 4.79 Å². The van der Waals surface area contributed by atoms with Gasteiger partial charge in [0.15, 0.2) is 6.10 Å². The van der Waals surface area contributed by atoms with E-state index in [2.05, 4.69) is 4.74 Å². The Balaban J connectivity index is 1.58. The lowest BCUT2D eigenvalue weighted by atomic mass is 10.1. The highest BCUT2D eigenvalue weighted by Crippen LogP contribution is 2.14. The van der Waals surface area contributed by atoms with Crippen LogP contribution in [0.5, 0.6) is 0 Å². The second kappa shape index (κ2) is 11.6. The molecule has 6 nitrogen and oxygen atoms in total. The molecule has 1 heterocycles. The number of aryl methyl sites for hydroxylation is 1. The van der Waals surface area contributed by atoms with Gasteiger partial charge in [0.05, 0.1) is 25.7 Å². The summed E-state index contributed by atoms with van der Waals surface area (Å²) in [5.74, 6) is -0.579. The Morgan fingerprint density at radius 2 is 1.79 bits per heavy atom. The Bertz CT molecular complexity index is 1120. The molecule has 1 aromatic heterocycles. The first kappa shape index (κ1) is 23.8. The minimum Gasteiger partial charge on any atom is -0.516 e. The fourth-order valence-corrected chi connectivity index (χ4v) is 3.24. The number of carbonyl (C=O) groups is 2. The molecule has 6 heteroatoms. The SMILES string of the molecule is COC(=O)[C@@H](/C=C/O)OCc1ccc(/C=C/Cn2cccc2C(=O)c2ccc(C)cc2)cc1. The van der Waals surface area contributed by atoms with Crippen LogP contribution in [0.3, 0.4) is 0 Å². The summed E-state index contributed by atoms with van der Waals surface area (Å²) in [7, 11) is 1.26. The number of ether oxygens (including phenoxy) is 2. The Hall–Kier alpha value is -3.90. The number of ketones is 1. The van der Waals surface area contributed by atoms with E-state index < -0.39 is 12.1 Å². The van der Waals surface area contributed by atoms with Crippen LogP contribution in [-0.4, -0.2) is 34.6 Å². The van der Waals surface area contributed by atoms with E-state index in [1.807, 2.05) is 90.5 Å². The number of allylic oxidation sites excluding steroid dienone is 1. The van der Waals surface area contributed by atoms with Crippen molar-refractivity contribution < 1.29 is 24.2 Å². The summed E-state index contributed by atoms with van der Waals surface area (Å²) >= 11 is 0. The molecule has 3 aromatic rings. The molecule has 0 spiro atoms. The molecule has 0 fully saturated rings. The van der Waals surface area contributed by atoms with Crippen molar-refractivity contribution in [2.75, 3.05) is 7.11 Å². The number of carbonyl (C=O) groups excluding carboxylic acids is 2. The Labute approximate surface area is 193 Å². The highest BCUT2D eigenvalue weighted by molar-refractivity contribution is 6.08. The molecule has 3 rings (SSSR count). The molecule has 170 valence electrons. The molecule has 2 aromatic carbocycles. The maximum absolute atomic E-state index is 12.8. The molecular weight excluding hydrogens is 418 g/mol. The number of methoxy groups -OCH3 is 1. The van der Waals surface area contributed by atoms with Crippen LogP contribution in [0.2, 0.25) is 0 Å². The fraction of sp³-hybridized carbons (Fsp3) is 0.185. The first-order valence-corrected chi connectivity index (χ1v) is 10.5. The van der Waals surface area contributed by atoms with Gasteiger partial charge in [-0.05, 0) is 36.3 Å². The second-order valence-electron chi connectivity index (χ2n) is 7.48.